The van der Waals surface area contributed by atoms with Crippen LogP contribution < -0.4 is 0 Å². The van der Waals surface area contributed by atoms with Crippen molar-refractivity contribution >= 4 is 5.91 Å². The van der Waals surface area contributed by atoms with E-state index in [1.807, 2.05) is 0 Å². The molecule has 0 aromatic heterocycles. The first-order valence-corrected chi connectivity index (χ1v) is 7.24. The highest BCUT2D eigenvalue weighted by molar-refractivity contribution is 5.80. The summed E-state index contributed by atoms with van der Waals surface area (Å²) >= 11 is 0. The van der Waals surface area contributed by atoms with Crippen molar-refractivity contribution < 1.29 is 4.79 Å². The molecule has 0 spiro atoms. The van der Waals surface area contributed by atoms with Crippen LogP contribution in [-0.4, -0.2) is 23.4 Å². The first-order valence-electron chi connectivity index (χ1n) is 7.24. The van der Waals surface area contributed by atoms with Crippen LogP contribution in [0.25, 0.3) is 0 Å². The fraction of sp³-hybridized carbons (Fsp3) is 0.800. The van der Waals surface area contributed by atoms with Crippen molar-refractivity contribution in [3.05, 3.63) is 12.2 Å². The van der Waals surface area contributed by atoms with Gasteiger partial charge in [0, 0.05) is 18.5 Å². The number of fused-ring (bicyclic) bond motifs is 2. The van der Waals surface area contributed by atoms with Crippen LogP contribution in [0.3, 0.4) is 0 Å². The van der Waals surface area contributed by atoms with Gasteiger partial charge in [0.15, 0.2) is 0 Å². The molecule has 1 heterocycles. The highest BCUT2D eigenvalue weighted by atomic mass is 16.2. The van der Waals surface area contributed by atoms with Gasteiger partial charge in [-0.05, 0) is 44.4 Å². The Hall–Kier alpha value is -0.790. The molecular formula is C15H23NO. The lowest BCUT2D eigenvalue weighted by atomic mass is 9.91. The molecule has 2 bridgehead atoms. The van der Waals surface area contributed by atoms with E-state index in [0.29, 0.717) is 29.7 Å². The largest absolute Gasteiger partial charge is 0.340 e. The van der Waals surface area contributed by atoms with E-state index in [0.717, 1.165) is 13.0 Å². The second-order valence-electron chi connectivity index (χ2n) is 6.12. The maximum Gasteiger partial charge on any atom is 0.226 e. The number of nitrogens with zero attached hydrogens (tertiary/aromatic N) is 1. The number of likely N-dealkylation sites (tertiary alicyclic amines) is 1. The predicted octanol–water partition coefficient (Wildman–Crippen LogP) is 2.99. The van der Waals surface area contributed by atoms with Gasteiger partial charge in [0.2, 0.25) is 5.91 Å². The van der Waals surface area contributed by atoms with Crippen LogP contribution in [0.2, 0.25) is 0 Å². The number of hydrogen-bond donors (Lipinski definition) is 0. The number of carbonyl (C=O) groups excluding carboxylic acids is 1. The number of rotatable bonds is 1. The second-order valence-corrected chi connectivity index (χ2v) is 6.12. The molecule has 0 aromatic carbocycles. The first kappa shape index (κ1) is 11.3. The van der Waals surface area contributed by atoms with Gasteiger partial charge >= 0.3 is 0 Å². The van der Waals surface area contributed by atoms with Gasteiger partial charge in [-0.15, -0.1) is 0 Å². The van der Waals surface area contributed by atoms with Gasteiger partial charge in [0.1, 0.15) is 0 Å². The monoisotopic (exact) mass is 233 g/mol. The summed E-state index contributed by atoms with van der Waals surface area (Å²) in [5, 5.41) is 0. The molecule has 3 aliphatic rings. The molecule has 2 aliphatic carbocycles. The average molecular weight is 233 g/mol. The Balaban J connectivity index is 1.70. The standard InChI is InChI=1S/C15H23NO/c1-11-5-3-2-4-8-16(11)15(17)14-10-12-6-7-13(14)9-12/h6-7,11-14H,2-5,8-10H2,1H3. The summed E-state index contributed by atoms with van der Waals surface area (Å²) < 4.78 is 0. The van der Waals surface area contributed by atoms with Gasteiger partial charge in [-0.3, -0.25) is 4.79 Å². The van der Waals surface area contributed by atoms with Gasteiger partial charge in [0.05, 0.1) is 0 Å². The molecule has 94 valence electrons. The molecule has 3 rings (SSSR count). The minimum absolute atomic E-state index is 0.311. The fourth-order valence-electron chi connectivity index (χ4n) is 3.88. The molecule has 1 aliphatic heterocycles. The Morgan fingerprint density at radius 2 is 2.06 bits per heavy atom. The molecule has 1 saturated carbocycles. The lowest BCUT2D eigenvalue weighted by molar-refractivity contribution is -0.138. The smallest absolute Gasteiger partial charge is 0.226 e. The van der Waals surface area contributed by atoms with Crippen LogP contribution >= 0.6 is 0 Å². The zero-order chi connectivity index (χ0) is 11.8. The molecule has 2 nitrogen and oxygen atoms in total. The third-order valence-electron chi connectivity index (χ3n) is 4.93. The quantitative estimate of drug-likeness (QED) is 0.638. The Bertz CT molecular complexity index is 336. The predicted molar refractivity (Wildman–Crippen MR) is 68.5 cm³/mol. The summed E-state index contributed by atoms with van der Waals surface area (Å²) in [7, 11) is 0. The van der Waals surface area contributed by atoms with E-state index in [9.17, 15) is 4.79 Å². The van der Waals surface area contributed by atoms with E-state index in [2.05, 4.69) is 24.0 Å². The van der Waals surface area contributed by atoms with Crippen LogP contribution in [-0.2, 0) is 4.79 Å². The number of hydrogen-bond acceptors (Lipinski definition) is 1. The molecule has 17 heavy (non-hydrogen) atoms. The zero-order valence-electron chi connectivity index (χ0n) is 10.8. The Labute approximate surface area is 104 Å². The van der Waals surface area contributed by atoms with Crippen molar-refractivity contribution in [1.82, 2.24) is 4.90 Å². The maximum atomic E-state index is 12.6. The summed E-state index contributed by atoms with van der Waals surface area (Å²) in [4.78, 5) is 14.8. The topological polar surface area (TPSA) is 20.3 Å². The van der Waals surface area contributed by atoms with E-state index in [1.165, 1.54) is 32.1 Å². The van der Waals surface area contributed by atoms with Gasteiger partial charge in [-0.2, -0.15) is 0 Å². The van der Waals surface area contributed by atoms with Crippen molar-refractivity contribution in [2.24, 2.45) is 17.8 Å². The van der Waals surface area contributed by atoms with E-state index >= 15 is 0 Å². The molecule has 0 N–H and O–H groups in total. The van der Waals surface area contributed by atoms with Crippen molar-refractivity contribution in [3.8, 4) is 0 Å². The summed E-state index contributed by atoms with van der Waals surface area (Å²) in [6.07, 6.45) is 11.9. The highest BCUT2D eigenvalue weighted by Crippen LogP contribution is 2.44. The molecule has 2 heteroatoms. The van der Waals surface area contributed by atoms with Gasteiger partial charge in [-0.25, -0.2) is 0 Å². The van der Waals surface area contributed by atoms with Gasteiger partial charge in [-0.1, -0.05) is 25.0 Å². The van der Waals surface area contributed by atoms with Crippen molar-refractivity contribution in [3.63, 3.8) is 0 Å². The Kier molecular flexibility index (Phi) is 2.97. The van der Waals surface area contributed by atoms with E-state index < -0.39 is 0 Å². The molecule has 4 unspecified atom stereocenters. The molecule has 1 saturated heterocycles. The summed E-state index contributed by atoms with van der Waals surface area (Å²) in [6.45, 7) is 3.23. The van der Waals surface area contributed by atoms with Crippen LogP contribution in [0, 0.1) is 17.8 Å². The first-order chi connectivity index (χ1) is 8.25. The Morgan fingerprint density at radius 1 is 1.18 bits per heavy atom. The van der Waals surface area contributed by atoms with Gasteiger partial charge < -0.3 is 4.90 Å². The van der Waals surface area contributed by atoms with E-state index in [-0.39, 0.29) is 0 Å². The molecule has 2 fully saturated rings. The van der Waals surface area contributed by atoms with Crippen LogP contribution in [0.15, 0.2) is 12.2 Å². The SMILES string of the molecule is CC1CCCCCN1C(=O)C1CC2C=CC1C2. The minimum Gasteiger partial charge on any atom is -0.340 e. The number of carbonyl (C=O) groups is 1. The van der Waals surface area contributed by atoms with E-state index in [1.54, 1.807) is 0 Å². The Morgan fingerprint density at radius 3 is 2.76 bits per heavy atom. The summed E-state index contributed by atoms with van der Waals surface area (Å²) in [5.74, 6) is 2.03. The third kappa shape index (κ3) is 2.02. The van der Waals surface area contributed by atoms with Crippen LogP contribution in [0.4, 0.5) is 0 Å². The molecule has 4 atom stereocenters. The van der Waals surface area contributed by atoms with Crippen LogP contribution in [0.1, 0.15) is 45.4 Å². The third-order valence-corrected chi connectivity index (χ3v) is 4.93. The molecule has 0 aromatic rings. The highest BCUT2D eigenvalue weighted by Gasteiger charge is 2.42. The molecule has 1 amide bonds. The zero-order valence-corrected chi connectivity index (χ0v) is 10.8. The second kappa shape index (κ2) is 4.47. The lowest BCUT2D eigenvalue weighted by Gasteiger charge is -2.31. The normalized spacial score (nSPS) is 40.6. The maximum absolute atomic E-state index is 12.6. The van der Waals surface area contributed by atoms with Crippen LogP contribution in [0.5, 0.6) is 0 Å². The number of allylic oxidation sites excluding steroid dienone is 2. The lowest BCUT2D eigenvalue weighted by Crippen LogP contribution is -2.43. The minimum atomic E-state index is 0.311. The summed E-state index contributed by atoms with van der Waals surface area (Å²) in [6, 6.07) is 0.466. The number of amides is 1. The molecule has 0 radical (unpaired) electrons. The fourth-order valence-corrected chi connectivity index (χ4v) is 3.88. The van der Waals surface area contributed by atoms with Crippen molar-refractivity contribution in [2.75, 3.05) is 6.54 Å². The van der Waals surface area contributed by atoms with E-state index in [4.69, 9.17) is 0 Å². The van der Waals surface area contributed by atoms with Gasteiger partial charge in [0.25, 0.3) is 0 Å². The van der Waals surface area contributed by atoms with Crippen molar-refractivity contribution in [1.29, 1.82) is 0 Å². The average Bonchev–Trinajstić information content (AvgIpc) is 2.89. The van der Waals surface area contributed by atoms with Crippen molar-refractivity contribution in [2.45, 2.75) is 51.5 Å². The summed E-state index contributed by atoms with van der Waals surface area (Å²) in [5.41, 5.74) is 0. The molecular weight excluding hydrogens is 210 g/mol.